The Morgan fingerprint density at radius 2 is 1.26 bits per heavy atom. The number of halogens is 2. The number of carbonyl (C=O) groups excluding carboxylic acids is 1. The van der Waals surface area contributed by atoms with Gasteiger partial charge in [0.1, 0.15) is 97.6 Å². The van der Waals surface area contributed by atoms with Crippen LogP contribution in [0.4, 0.5) is 56.4 Å². The zero-order valence-electron chi connectivity index (χ0n) is 48.7. The Bertz CT molecular complexity index is 4000. The Balaban J connectivity index is 0.000000163. The zero-order chi connectivity index (χ0) is 63.0. The number of nitrogen functional groups attached to an aromatic ring is 3. The zero-order valence-corrected chi connectivity index (χ0v) is 49.5. The second-order valence-corrected chi connectivity index (χ2v) is 19.4. The van der Waals surface area contributed by atoms with Crippen LogP contribution in [-0.4, -0.2) is 123 Å². The molecule has 0 radical (unpaired) electrons. The van der Waals surface area contributed by atoms with Gasteiger partial charge < -0.3 is 66.2 Å². The van der Waals surface area contributed by atoms with E-state index in [9.17, 15) is 9.18 Å². The monoisotopic (exact) mass is 1240 g/mol. The van der Waals surface area contributed by atoms with Crippen molar-refractivity contribution in [3.63, 3.8) is 0 Å². The molecule has 6 heterocycles. The second kappa shape index (κ2) is 31.8. The number of aromatic nitrogens is 9. The molecule has 0 bridgehead atoms. The Labute approximate surface area is 520 Å². The first kappa shape index (κ1) is 63.1. The smallest absolute Gasteiger partial charge is 0.337 e. The molecule has 90 heavy (non-hydrogen) atoms. The van der Waals surface area contributed by atoms with Gasteiger partial charge in [-0.25, -0.2) is 44.1 Å². The van der Waals surface area contributed by atoms with Crippen molar-refractivity contribution in [2.24, 2.45) is 10.3 Å². The summed E-state index contributed by atoms with van der Waals surface area (Å²) < 4.78 is 40.3. The number of methoxy groups -OCH3 is 1. The number of esters is 1. The van der Waals surface area contributed by atoms with Crippen LogP contribution >= 0.6 is 11.6 Å². The number of carbonyl (C=O) groups is 1. The van der Waals surface area contributed by atoms with Crippen molar-refractivity contribution in [1.82, 2.24) is 50.0 Å². The number of nitrogens with one attached hydrogen (secondary N) is 3. The standard InChI is InChI=1S/C25H26ClN7O3.C20H19N5O3.C17H15FN6O2/c26-19-14-18(6-7-20(19)35-15-17-4-2-1-3-5-17)30-24-22(23(27)28-16-29-24)25-32-31-21(36-25)8-9-33-10-12-34-13-11-33;1-27-20(26)15-5-3-13(4-6-15)14-7-9-16(10-8-14)25-19-17(11-24-28-2)18(21)22-12-23-19;1-25-23-9-14-16(19)21-10-22-17(14)24-12-4-7-15(20-8-12)26-13-5-2-11(18)3-6-13/h1-7,14,16H,8-13,15H2,(H3,27,28,29,30);3-12H,1-2H3,(H3,21,22,23,25);2-10H,1H3,(H3,19,21,22,24)/b;24-11+;23-9+. The molecule has 0 atom stereocenters. The molecule has 26 nitrogen and oxygen atoms in total. The molecule has 0 spiro atoms. The van der Waals surface area contributed by atoms with Gasteiger partial charge in [0.25, 0.3) is 5.89 Å². The maximum Gasteiger partial charge on any atom is 0.337 e. The molecule has 0 unspecified atom stereocenters. The van der Waals surface area contributed by atoms with Crippen LogP contribution in [-0.2, 0) is 32.2 Å². The lowest BCUT2D eigenvalue weighted by Gasteiger charge is -2.25. The van der Waals surface area contributed by atoms with Gasteiger partial charge in [0.2, 0.25) is 11.8 Å². The number of pyridine rings is 1. The molecule has 1 saturated heterocycles. The van der Waals surface area contributed by atoms with Crippen molar-refractivity contribution < 1.29 is 42.2 Å². The SMILES string of the molecule is CO/N=C/c1c(N)ncnc1Nc1ccc(-c2ccc(C(=O)OC)cc2)cc1.CO/N=C/c1c(N)ncnc1Nc1ccc(Oc2ccc(F)cc2)nc1.Nc1ncnc(Nc2ccc(OCc3ccccc3)c(Cl)c2)c1-c1nnc(CCN2CCOCC2)o1. The Hall–Kier alpha value is -11.4. The third-order valence-electron chi connectivity index (χ3n) is 13.0. The summed E-state index contributed by atoms with van der Waals surface area (Å²) >= 11 is 6.48. The molecule has 1 fully saturated rings. The molecule has 0 aliphatic carbocycles. The average Bonchev–Trinajstić information content (AvgIpc) is 1.90. The number of morpholine rings is 1. The molecule has 460 valence electrons. The number of hydrogen-bond acceptors (Lipinski definition) is 26. The van der Waals surface area contributed by atoms with Crippen LogP contribution in [0.3, 0.4) is 0 Å². The molecule has 0 amide bonds. The van der Waals surface area contributed by atoms with E-state index >= 15 is 0 Å². The highest BCUT2D eigenvalue weighted by Crippen LogP contribution is 2.35. The van der Waals surface area contributed by atoms with E-state index in [-0.39, 0.29) is 29.3 Å². The lowest BCUT2D eigenvalue weighted by atomic mass is 10.0. The van der Waals surface area contributed by atoms with Gasteiger partial charge in [-0.05, 0) is 89.5 Å². The second-order valence-electron chi connectivity index (χ2n) is 18.9. The van der Waals surface area contributed by atoms with Crippen molar-refractivity contribution in [3.05, 3.63) is 198 Å². The summed E-state index contributed by atoms with van der Waals surface area (Å²) in [7, 11) is 4.23. The minimum Gasteiger partial charge on any atom is -0.487 e. The third kappa shape index (κ3) is 17.8. The first-order chi connectivity index (χ1) is 43.9. The Kier molecular flexibility index (Phi) is 22.3. The van der Waals surface area contributed by atoms with Crippen LogP contribution in [0.5, 0.6) is 17.4 Å². The van der Waals surface area contributed by atoms with Gasteiger partial charge in [-0.1, -0.05) is 76.5 Å². The normalized spacial score (nSPS) is 12.0. The van der Waals surface area contributed by atoms with Gasteiger partial charge in [-0.15, -0.1) is 10.2 Å². The molecule has 1 aliphatic rings. The summed E-state index contributed by atoms with van der Waals surface area (Å²) in [5.41, 5.74) is 25.1. The topological polar surface area (TPSA) is 344 Å². The Morgan fingerprint density at radius 1 is 0.667 bits per heavy atom. The van der Waals surface area contributed by atoms with E-state index in [1.807, 2.05) is 72.8 Å². The van der Waals surface area contributed by atoms with Crippen LogP contribution < -0.4 is 42.6 Å². The van der Waals surface area contributed by atoms with Gasteiger partial charge in [0.05, 0.1) is 66.3 Å². The molecule has 9 N–H and O–H groups in total. The number of nitrogens with two attached hydrogens (primary N) is 3. The van der Waals surface area contributed by atoms with E-state index in [4.69, 9.17) is 57.0 Å². The fourth-order valence-corrected chi connectivity index (χ4v) is 8.60. The summed E-state index contributed by atoms with van der Waals surface area (Å²) in [6, 6.07) is 39.3. The fourth-order valence-electron chi connectivity index (χ4n) is 8.36. The minimum absolute atomic E-state index is 0.227. The van der Waals surface area contributed by atoms with Gasteiger partial charge in [0.15, 0.2) is 0 Å². The number of nitrogens with zero attached hydrogens (tertiary/aromatic N) is 12. The highest BCUT2D eigenvalue weighted by Gasteiger charge is 2.21. The summed E-state index contributed by atoms with van der Waals surface area (Å²) in [6.07, 6.45) is 9.14. The van der Waals surface area contributed by atoms with Crippen LogP contribution in [0.1, 0.15) is 32.9 Å². The van der Waals surface area contributed by atoms with Crippen LogP contribution in [0.15, 0.2) is 173 Å². The molecular weight excluding hydrogens is 1180 g/mol. The molecule has 5 aromatic carbocycles. The van der Waals surface area contributed by atoms with E-state index in [1.165, 1.54) is 77.0 Å². The van der Waals surface area contributed by atoms with Crippen molar-refractivity contribution >= 4 is 82.0 Å². The molecule has 11 rings (SSSR count). The van der Waals surface area contributed by atoms with E-state index < -0.39 is 0 Å². The lowest BCUT2D eigenvalue weighted by Crippen LogP contribution is -2.37. The van der Waals surface area contributed by atoms with Gasteiger partial charge in [-0.2, -0.15) is 0 Å². The van der Waals surface area contributed by atoms with E-state index in [1.54, 1.807) is 42.6 Å². The summed E-state index contributed by atoms with van der Waals surface area (Å²) in [6.45, 7) is 4.51. The molecule has 5 aromatic heterocycles. The number of oxime groups is 2. The number of rotatable bonds is 21. The summed E-state index contributed by atoms with van der Waals surface area (Å²) in [4.78, 5) is 52.1. The quantitative estimate of drug-likeness (QED) is 0.0221. The minimum atomic E-state index is -0.358. The van der Waals surface area contributed by atoms with Crippen molar-refractivity contribution in [1.29, 1.82) is 0 Å². The molecular formula is C62H60ClFN18O8. The first-order valence-corrected chi connectivity index (χ1v) is 27.8. The number of ether oxygens (including phenoxy) is 4. The van der Waals surface area contributed by atoms with Gasteiger partial charge >= 0.3 is 5.97 Å². The van der Waals surface area contributed by atoms with Crippen molar-refractivity contribution in [3.8, 4) is 40.0 Å². The predicted octanol–water partition coefficient (Wildman–Crippen LogP) is 10.3. The van der Waals surface area contributed by atoms with Gasteiger partial charge in [0, 0.05) is 43.5 Å². The van der Waals surface area contributed by atoms with Crippen molar-refractivity contribution in [2.45, 2.75) is 13.0 Å². The summed E-state index contributed by atoms with van der Waals surface area (Å²) in [5, 5.41) is 25.7. The molecule has 10 aromatic rings. The van der Waals surface area contributed by atoms with Crippen molar-refractivity contribution in [2.75, 3.05) is 87.3 Å². The number of anilines is 9. The van der Waals surface area contributed by atoms with E-state index in [0.717, 1.165) is 55.2 Å². The first-order valence-electron chi connectivity index (χ1n) is 27.5. The van der Waals surface area contributed by atoms with E-state index in [0.29, 0.717) is 98.2 Å². The number of hydrogen-bond donors (Lipinski definition) is 6. The highest BCUT2D eigenvalue weighted by atomic mass is 35.5. The lowest BCUT2D eigenvalue weighted by molar-refractivity contribution is 0.0377. The Morgan fingerprint density at radius 3 is 1.87 bits per heavy atom. The predicted molar refractivity (Wildman–Crippen MR) is 339 cm³/mol. The number of benzene rings is 5. The molecule has 0 saturated carbocycles. The largest absolute Gasteiger partial charge is 0.487 e. The van der Waals surface area contributed by atoms with Crippen LogP contribution in [0, 0.1) is 5.82 Å². The third-order valence-corrected chi connectivity index (χ3v) is 13.3. The summed E-state index contributed by atoms with van der Waals surface area (Å²) in [5.74, 6) is 3.69. The van der Waals surface area contributed by atoms with E-state index in [2.05, 4.69) is 81.1 Å². The fraction of sp³-hybridized carbons (Fsp3) is 0.161. The highest BCUT2D eigenvalue weighted by molar-refractivity contribution is 6.32. The van der Waals surface area contributed by atoms with Crippen LogP contribution in [0.2, 0.25) is 5.02 Å². The van der Waals surface area contributed by atoms with Crippen LogP contribution in [0.25, 0.3) is 22.6 Å². The maximum atomic E-state index is 12.9. The van der Waals surface area contributed by atoms with Gasteiger partial charge in [-0.3, -0.25) is 4.90 Å². The molecule has 28 heteroatoms. The maximum absolute atomic E-state index is 12.9. The average molecular weight is 1240 g/mol. The molecule has 1 aliphatic heterocycles.